The zero-order valence-corrected chi connectivity index (χ0v) is 24.3. The molecule has 4 nitrogen and oxygen atoms in total. The maximum Gasteiger partial charge on any atom is 0.145 e. The highest BCUT2D eigenvalue weighted by Gasteiger charge is 2.16. The standard InChI is InChI=1S/C41H26N4/c1-3-12-32-28(10-1)24-29-11-2-4-13-33(29)40(32)38-26-30(25-37(44-38)36-16-7-8-22-42-36)27-18-20-31(21-19-27)45-39-17-6-5-14-34(39)35-15-9-23-43-41(35)45/h1-26H. The summed E-state index contributed by atoms with van der Waals surface area (Å²) in [5.74, 6) is 0. The Hall–Kier alpha value is -6.13. The lowest BCUT2D eigenvalue weighted by Gasteiger charge is -2.15. The summed E-state index contributed by atoms with van der Waals surface area (Å²) >= 11 is 0. The molecule has 9 aromatic rings. The van der Waals surface area contributed by atoms with Crippen molar-refractivity contribution in [2.75, 3.05) is 0 Å². The number of benzene rings is 5. The van der Waals surface area contributed by atoms with E-state index >= 15 is 0 Å². The lowest BCUT2D eigenvalue weighted by molar-refractivity contribution is 1.14. The summed E-state index contributed by atoms with van der Waals surface area (Å²) < 4.78 is 2.24. The monoisotopic (exact) mass is 574 g/mol. The minimum Gasteiger partial charge on any atom is -0.294 e. The second-order valence-corrected chi connectivity index (χ2v) is 11.3. The molecule has 0 amide bonds. The largest absolute Gasteiger partial charge is 0.294 e. The van der Waals surface area contributed by atoms with Crippen molar-refractivity contribution < 1.29 is 0 Å². The number of hydrogen-bond donors (Lipinski definition) is 0. The van der Waals surface area contributed by atoms with Crippen LogP contribution in [0.3, 0.4) is 0 Å². The average Bonchev–Trinajstić information content (AvgIpc) is 3.45. The van der Waals surface area contributed by atoms with E-state index in [1.54, 1.807) is 0 Å². The number of pyridine rings is 3. The molecule has 0 aliphatic rings. The third-order valence-corrected chi connectivity index (χ3v) is 8.67. The molecule has 4 heterocycles. The van der Waals surface area contributed by atoms with Gasteiger partial charge in [0.15, 0.2) is 0 Å². The Morgan fingerprint density at radius 1 is 0.422 bits per heavy atom. The van der Waals surface area contributed by atoms with Crippen molar-refractivity contribution in [2.24, 2.45) is 0 Å². The fourth-order valence-corrected chi connectivity index (χ4v) is 6.62. The maximum absolute atomic E-state index is 5.25. The molecule has 0 bridgehead atoms. The van der Waals surface area contributed by atoms with Crippen LogP contribution in [0.1, 0.15) is 0 Å². The summed E-state index contributed by atoms with van der Waals surface area (Å²) in [5.41, 5.74) is 9.12. The number of para-hydroxylation sites is 1. The van der Waals surface area contributed by atoms with E-state index in [4.69, 9.17) is 9.97 Å². The molecule has 0 fully saturated rings. The summed E-state index contributed by atoms with van der Waals surface area (Å²) in [6.07, 6.45) is 3.69. The summed E-state index contributed by atoms with van der Waals surface area (Å²) in [6.45, 7) is 0. The van der Waals surface area contributed by atoms with Crippen LogP contribution in [0.2, 0.25) is 0 Å². The second kappa shape index (κ2) is 10.2. The molecule has 4 aromatic heterocycles. The van der Waals surface area contributed by atoms with Crippen molar-refractivity contribution in [1.82, 2.24) is 19.5 Å². The third-order valence-electron chi connectivity index (χ3n) is 8.67. The van der Waals surface area contributed by atoms with Gasteiger partial charge in [0.05, 0.1) is 22.6 Å². The van der Waals surface area contributed by atoms with Gasteiger partial charge in [-0.25, -0.2) is 9.97 Å². The smallest absolute Gasteiger partial charge is 0.145 e. The molecule has 0 unspecified atom stereocenters. The third kappa shape index (κ3) is 4.19. The normalized spacial score (nSPS) is 11.6. The van der Waals surface area contributed by atoms with E-state index in [0.29, 0.717) is 0 Å². The molecule has 0 N–H and O–H groups in total. The Labute approximate surface area is 259 Å². The fourth-order valence-electron chi connectivity index (χ4n) is 6.62. The molecule has 210 valence electrons. The van der Waals surface area contributed by atoms with Gasteiger partial charge >= 0.3 is 0 Å². The number of nitrogens with zero attached hydrogens (tertiary/aromatic N) is 4. The molecular weight excluding hydrogens is 548 g/mol. The first-order chi connectivity index (χ1) is 22.3. The Kier molecular flexibility index (Phi) is 5.78. The van der Waals surface area contributed by atoms with Gasteiger partial charge in [0.25, 0.3) is 0 Å². The fraction of sp³-hybridized carbons (Fsp3) is 0. The molecule has 45 heavy (non-hydrogen) atoms. The van der Waals surface area contributed by atoms with Crippen LogP contribution in [0.4, 0.5) is 0 Å². The number of hydrogen-bond acceptors (Lipinski definition) is 3. The van der Waals surface area contributed by atoms with E-state index in [-0.39, 0.29) is 0 Å². The van der Waals surface area contributed by atoms with Crippen molar-refractivity contribution >= 4 is 43.5 Å². The molecule has 0 aliphatic heterocycles. The van der Waals surface area contributed by atoms with Crippen molar-refractivity contribution in [3.8, 4) is 39.5 Å². The minimum absolute atomic E-state index is 0.843. The predicted octanol–water partition coefficient (Wildman–Crippen LogP) is 10.3. The van der Waals surface area contributed by atoms with Gasteiger partial charge in [-0.2, -0.15) is 0 Å². The van der Waals surface area contributed by atoms with Crippen LogP contribution < -0.4 is 0 Å². The van der Waals surface area contributed by atoms with Crippen LogP contribution in [0.15, 0.2) is 158 Å². The van der Waals surface area contributed by atoms with Crippen LogP contribution in [-0.4, -0.2) is 19.5 Å². The molecule has 0 aliphatic carbocycles. The molecular formula is C41H26N4. The number of fused-ring (bicyclic) bond motifs is 5. The Morgan fingerprint density at radius 2 is 1.07 bits per heavy atom. The average molecular weight is 575 g/mol. The van der Waals surface area contributed by atoms with Gasteiger partial charge in [-0.1, -0.05) is 84.9 Å². The lowest BCUT2D eigenvalue weighted by Crippen LogP contribution is -1.96. The SMILES string of the molecule is c1ccc(-c2cc(-c3ccc(-n4c5ccccc5c5cccnc54)cc3)cc(-c3c4ccccc4cc4ccccc34)n2)nc1. The first kappa shape index (κ1) is 25.4. The van der Waals surface area contributed by atoms with E-state index in [1.165, 1.54) is 26.9 Å². The first-order valence-electron chi connectivity index (χ1n) is 15.1. The van der Waals surface area contributed by atoms with E-state index in [0.717, 1.165) is 56.0 Å². The van der Waals surface area contributed by atoms with E-state index < -0.39 is 0 Å². The predicted molar refractivity (Wildman–Crippen MR) is 185 cm³/mol. The minimum atomic E-state index is 0.843. The summed E-state index contributed by atoms with van der Waals surface area (Å²) in [6, 6.07) is 51.2. The van der Waals surface area contributed by atoms with Crippen LogP contribution >= 0.6 is 0 Å². The Bertz CT molecular complexity index is 2420. The number of rotatable bonds is 4. The van der Waals surface area contributed by atoms with Gasteiger partial charge in [-0.05, 0) is 93.3 Å². The highest BCUT2D eigenvalue weighted by Crippen LogP contribution is 2.39. The van der Waals surface area contributed by atoms with Crippen molar-refractivity contribution in [3.63, 3.8) is 0 Å². The highest BCUT2D eigenvalue weighted by molar-refractivity contribution is 6.12. The molecule has 4 heteroatoms. The molecule has 5 aromatic carbocycles. The Balaban J connectivity index is 1.25. The topological polar surface area (TPSA) is 43.6 Å². The Morgan fingerprint density at radius 3 is 1.82 bits per heavy atom. The van der Waals surface area contributed by atoms with Crippen molar-refractivity contribution in [2.45, 2.75) is 0 Å². The molecule has 0 atom stereocenters. The van der Waals surface area contributed by atoms with Gasteiger partial charge in [0.2, 0.25) is 0 Å². The first-order valence-corrected chi connectivity index (χ1v) is 15.1. The van der Waals surface area contributed by atoms with Crippen LogP contribution in [0.5, 0.6) is 0 Å². The molecule has 9 rings (SSSR count). The van der Waals surface area contributed by atoms with Gasteiger partial charge in [0, 0.05) is 34.4 Å². The second-order valence-electron chi connectivity index (χ2n) is 11.3. The van der Waals surface area contributed by atoms with Gasteiger partial charge in [0.1, 0.15) is 5.65 Å². The van der Waals surface area contributed by atoms with Crippen LogP contribution in [-0.2, 0) is 0 Å². The maximum atomic E-state index is 5.25. The van der Waals surface area contributed by atoms with Gasteiger partial charge in [-0.15, -0.1) is 0 Å². The zero-order valence-electron chi connectivity index (χ0n) is 24.3. The van der Waals surface area contributed by atoms with Gasteiger partial charge < -0.3 is 0 Å². The molecule has 0 radical (unpaired) electrons. The summed E-state index contributed by atoms with van der Waals surface area (Å²) in [5, 5.41) is 7.11. The lowest BCUT2D eigenvalue weighted by atomic mass is 9.93. The van der Waals surface area contributed by atoms with Crippen LogP contribution in [0.25, 0.3) is 82.9 Å². The van der Waals surface area contributed by atoms with E-state index in [1.807, 2.05) is 36.7 Å². The zero-order chi connectivity index (χ0) is 29.7. The van der Waals surface area contributed by atoms with Gasteiger partial charge in [-0.3, -0.25) is 9.55 Å². The van der Waals surface area contributed by atoms with Crippen molar-refractivity contribution in [1.29, 1.82) is 0 Å². The van der Waals surface area contributed by atoms with Crippen molar-refractivity contribution in [3.05, 3.63) is 158 Å². The number of aromatic nitrogens is 4. The molecule has 0 saturated carbocycles. The quantitative estimate of drug-likeness (QED) is 0.196. The van der Waals surface area contributed by atoms with E-state index in [2.05, 4.69) is 131 Å². The molecule has 0 spiro atoms. The van der Waals surface area contributed by atoms with E-state index in [9.17, 15) is 0 Å². The summed E-state index contributed by atoms with van der Waals surface area (Å²) in [7, 11) is 0. The van der Waals surface area contributed by atoms with Crippen LogP contribution in [0, 0.1) is 0 Å². The molecule has 0 saturated heterocycles. The summed E-state index contributed by atoms with van der Waals surface area (Å²) in [4.78, 5) is 14.7. The highest BCUT2D eigenvalue weighted by atomic mass is 15.0.